The zero-order valence-electron chi connectivity index (χ0n) is 9.29. The van der Waals surface area contributed by atoms with Crippen LogP contribution >= 0.6 is 0 Å². The summed E-state index contributed by atoms with van der Waals surface area (Å²) in [6, 6.07) is 12.5. The Morgan fingerprint density at radius 3 is 2.56 bits per heavy atom. The largest absolute Gasteiger partial charge is 0.768 e. The van der Waals surface area contributed by atoms with Crippen LogP contribution in [-0.2, 0) is 11.1 Å². The topological polar surface area (TPSA) is 68.8 Å². The van der Waals surface area contributed by atoms with Crippen LogP contribution in [0.2, 0.25) is 0 Å². The predicted molar refractivity (Wildman–Crippen MR) is 68.7 cm³/mol. The lowest BCUT2D eigenvalue weighted by Gasteiger charge is -2.06. The van der Waals surface area contributed by atoms with Crippen molar-refractivity contribution in [1.29, 1.82) is 0 Å². The van der Waals surface area contributed by atoms with E-state index in [0.717, 1.165) is 22.3 Å². The van der Waals surface area contributed by atoms with Crippen molar-refractivity contribution in [3.05, 3.63) is 48.7 Å². The number of aromatic nitrogens is 2. The van der Waals surface area contributed by atoms with Gasteiger partial charge in [0.1, 0.15) is 5.65 Å². The van der Waals surface area contributed by atoms with Gasteiger partial charge in [0.2, 0.25) is 0 Å². The van der Waals surface area contributed by atoms with E-state index in [4.69, 9.17) is 0 Å². The lowest BCUT2D eigenvalue weighted by molar-refractivity contribution is 0.537. The fraction of sp³-hybridized carbons (Fsp3) is 0. The number of fused-ring (bicyclic) bond motifs is 1. The van der Waals surface area contributed by atoms with Crippen LogP contribution in [-0.4, -0.2) is 18.7 Å². The highest BCUT2D eigenvalue weighted by Gasteiger charge is 2.02. The number of pyridine rings is 1. The Hall–Kier alpha value is -1.98. The maximum atomic E-state index is 10.8. The van der Waals surface area contributed by atoms with Crippen LogP contribution in [0.5, 0.6) is 0 Å². The van der Waals surface area contributed by atoms with E-state index >= 15 is 0 Å². The van der Waals surface area contributed by atoms with E-state index in [1.807, 2.05) is 24.4 Å². The van der Waals surface area contributed by atoms with Crippen molar-refractivity contribution in [1.82, 2.24) is 9.97 Å². The van der Waals surface area contributed by atoms with E-state index in [1.54, 1.807) is 24.3 Å². The monoisotopic (exact) mass is 257 g/mol. The Morgan fingerprint density at radius 2 is 1.83 bits per heavy atom. The van der Waals surface area contributed by atoms with Gasteiger partial charge in [-0.3, -0.25) is 4.21 Å². The third-order valence-electron chi connectivity index (χ3n) is 2.75. The summed E-state index contributed by atoms with van der Waals surface area (Å²) in [6.45, 7) is 0. The second-order valence-corrected chi connectivity index (χ2v) is 4.81. The number of aromatic amines is 1. The molecule has 0 saturated heterocycles. The number of rotatable bonds is 2. The molecule has 0 radical (unpaired) electrons. The first-order valence-electron chi connectivity index (χ1n) is 5.38. The predicted octanol–water partition coefficient (Wildman–Crippen LogP) is 2.47. The maximum Gasteiger partial charge on any atom is 0.137 e. The van der Waals surface area contributed by atoms with Gasteiger partial charge in [-0.05, 0) is 41.4 Å². The fourth-order valence-corrected chi connectivity index (χ4v) is 2.19. The Labute approximate surface area is 106 Å². The summed E-state index contributed by atoms with van der Waals surface area (Å²) in [7, 11) is 0. The lowest BCUT2D eigenvalue weighted by Crippen LogP contribution is -1.89. The summed E-state index contributed by atoms with van der Waals surface area (Å²) in [5, 5.41) is 1.05. The first kappa shape index (κ1) is 11.1. The van der Waals surface area contributed by atoms with Crippen molar-refractivity contribution in [2.45, 2.75) is 4.90 Å². The summed E-state index contributed by atoms with van der Waals surface area (Å²) >= 11 is -2.19. The molecule has 0 fully saturated rings. The second kappa shape index (κ2) is 4.36. The van der Waals surface area contributed by atoms with E-state index in [0.29, 0.717) is 0 Å². The molecule has 1 atom stereocenters. The first-order chi connectivity index (χ1) is 8.74. The minimum absolute atomic E-state index is 0.278. The molecule has 2 aromatic heterocycles. The first-order valence-corrected chi connectivity index (χ1v) is 6.45. The van der Waals surface area contributed by atoms with Crippen LogP contribution < -0.4 is 0 Å². The molecule has 0 saturated carbocycles. The third-order valence-corrected chi connectivity index (χ3v) is 3.41. The van der Waals surface area contributed by atoms with Gasteiger partial charge in [0, 0.05) is 22.0 Å². The molecule has 1 unspecified atom stereocenters. The summed E-state index contributed by atoms with van der Waals surface area (Å²) < 4.78 is 21.5. The Morgan fingerprint density at radius 1 is 1.06 bits per heavy atom. The standard InChI is InChI=1S/C13H10N2O2S/c16-18(17)11-4-1-9(2-5-11)12-6-3-10-7-8-14-13(10)15-12/h1-8H,(H,14,15)(H,16,17)/p-1. The number of nitrogens with zero attached hydrogens (tertiary/aromatic N) is 1. The van der Waals surface area contributed by atoms with Crippen LogP contribution in [0.15, 0.2) is 53.6 Å². The van der Waals surface area contributed by atoms with Gasteiger partial charge >= 0.3 is 0 Å². The van der Waals surface area contributed by atoms with Gasteiger partial charge in [0.05, 0.1) is 5.69 Å². The number of hydrogen-bond donors (Lipinski definition) is 1. The van der Waals surface area contributed by atoms with E-state index < -0.39 is 11.1 Å². The number of H-pyrrole nitrogens is 1. The normalized spacial score (nSPS) is 12.7. The molecule has 0 spiro atoms. The molecule has 0 amide bonds. The molecule has 3 rings (SSSR count). The highest BCUT2D eigenvalue weighted by atomic mass is 32.2. The summed E-state index contributed by atoms with van der Waals surface area (Å²) in [5.41, 5.74) is 2.53. The van der Waals surface area contributed by atoms with E-state index in [-0.39, 0.29) is 4.90 Å². The number of nitrogens with one attached hydrogen (secondary N) is 1. The van der Waals surface area contributed by atoms with E-state index in [2.05, 4.69) is 9.97 Å². The smallest absolute Gasteiger partial charge is 0.137 e. The van der Waals surface area contributed by atoms with Crippen LogP contribution in [0.25, 0.3) is 22.3 Å². The van der Waals surface area contributed by atoms with Crippen LogP contribution in [0.3, 0.4) is 0 Å². The van der Waals surface area contributed by atoms with Gasteiger partial charge in [-0.2, -0.15) is 0 Å². The SMILES string of the molecule is O=S([O-])c1ccc(-c2ccc3cc[nH]c3n2)cc1. The molecule has 5 heteroatoms. The zero-order chi connectivity index (χ0) is 12.5. The summed E-state index contributed by atoms with van der Waals surface area (Å²) in [6.07, 6.45) is 1.84. The molecular formula is C13H9N2O2S-. The summed E-state index contributed by atoms with van der Waals surface area (Å²) in [4.78, 5) is 7.80. The van der Waals surface area contributed by atoms with Crippen LogP contribution in [0.4, 0.5) is 0 Å². The molecule has 3 aromatic rings. The van der Waals surface area contributed by atoms with Gasteiger partial charge < -0.3 is 9.54 Å². The van der Waals surface area contributed by atoms with Crippen LogP contribution in [0, 0.1) is 0 Å². The van der Waals surface area contributed by atoms with Crippen molar-refractivity contribution in [2.75, 3.05) is 0 Å². The second-order valence-electron chi connectivity index (χ2n) is 3.87. The van der Waals surface area contributed by atoms with Gasteiger partial charge in [0.15, 0.2) is 0 Å². The van der Waals surface area contributed by atoms with Crippen molar-refractivity contribution in [3.8, 4) is 11.3 Å². The highest BCUT2D eigenvalue weighted by Crippen LogP contribution is 2.21. The maximum absolute atomic E-state index is 10.8. The van der Waals surface area contributed by atoms with Crippen molar-refractivity contribution >= 4 is 22.1 Å². The van der Waals surface area contributed by atoms with Crippen molar-refractivity contribution < 1.29 is 8.76 Å². The van der Waals surface area contributed by atoms with E-state index in [1.165, 1.54) is 0 Å². The van der Waals surface area contributed by atoms with Crippen molar-refractivity contribution in [2.24, 2.45) is 0 Å². The quantitative estimate of drug-likeness (QED) is 0.717. The minimum atomic E-state index is -2.19. The van der Waals surface area contributed by atoms with Crippen LogP contribution in [0.1, 0.15) is 0 Å². The molecule has 0 aliphatic carbocycles. The molecule has 1 aromatic carbocycles. The fourth-order valence-electron chi connectivity index (χ4n) is 1.83. The molecule has 4 nitrogen and oxygen atoms in total. The highest BCUT2D eigenvalue weighted by molar-refractivity contribution is 7.79. The summed E-state index contributed by atoms with van der Waals surface area (Å²) in [5.74, 6) is 0. The minimum Gasteiger partial charge on any atom is -0.768 e. The van der Waals surface area contributed by atoms with Gasteiger partial charge in [0.25, 0.3) is 0 Å². The molecule has 18 heavy (non-hydrogen) atoms. The van der Waals surface area contributed by atoms with E-state index in [9.17, 15) is 8.76 Å². The zero-order valence-corrected chi connectivity index (χ0v) is 10.1. The molecular weight excluding hydrogens is 248 g/mol. The van der Waals surface area contributed by atoms with Gasteiger partial charge in [-0.25, -0.2) is 4.98 Å². The van der Waals surface area contributed by atoms with Crippen molar-refractivity contribution in [3.63, 3.8) is 0 Å². The molecule has 90 valence electrons. The number of hydrogen-bond acceptors (Lipinski definition) is 3. The average molecular weight is 257 g/mol. The Balaban J connectivity index is 2.05. The molecule has 0 aliphatic heterocycles. The molecule has 0 bridgehead atoms. The average Bonchev–Trinajstić information content (AvgIpc) is 2.86. The number of benzene rings is 1. The van der Waals surface area contributed by atoms with Gasteiger partial charge in [-0.1, -0.05) is 12.1 Å². The molecule has 1 N–H and O–H groups in total. The Kier molecular flexibility index (Phi) is 2.70. The lowest BCUT2D eigenvalue weighted by atomic mass is 10.1. The molecule has 2 heterocycles. The van der Waals surface area contributed by atoms with Gasteiger partial charge in [-0.15, -0.1) is 0 Å². The molecule has 0 aliphatic rings. The third kappa shape index (κ3) is 1.94. The Bertz CT molecular complexity index is 719.